The van der Waals surface area contributed by atoms with Crippen LogP contribution in [0.25, 0.3) is 0 Å². The molecule has 0 bridgehead atoms. The van der Waals surface area contributed by atoms with Gasteiger partial charge in [-0.25, -0.2) is 16.8 Å². The van der Waals surface area contributed by atoms with E-state index in [2.05, 4.69) is 126 Å². The molecule has 1 aliphatic heterocycles. The third kappa shape index (κ3) is 21.9. The van der Waals surface area contributed by atoms with Gasteiger partial charge in [0.2, 0.25) is 0 Å². The predicted molar refractivity (Wildman–Crippen MR) is 291 cm³/mol. The first kappa shape index (κ1) is 65.3. The Morgan fingerprint density at radius 3 is 1.29 bits per heavy atom. The topological polar surface area (TPSA) is 86.7 Å². The number of benzene rings is 5. The van der Waals surface area contributed by atoms with E-state index < -0.39 is 38.0 Å². The van der Waals surface area contributed by atoms with Crippen molar-refractivity contribution < 1.29 is 26.1 Å². The van der Waals surface area contributed by atoms with Crippen molar-refractivity contribution in [2.24, 2.45) is 0 Å². The molecular weight excluding hydrogens is 1020 g/mol. The highest BCUT2D eigenvalue weighted by Crippen LogP contribution is 2.36. The number of aryl methyl sites for hydroxylation is 5. The summed E-state index contributed by atoms with van der Waals surface area (Å²) in [6, 6.07) is 32.9. The van der Waals surface area contributed by atoms with Crippen LogP contribution < -0.4 is 5.46 Å². The molecule has 0 N–H and O–H groups in total. The van der Waals surface area contributed by atoms with Crippen LogP contribution in [0.5, 0.6) is 0 Å². The lowest BCUT2D eigenvalue weighted by Crippen LogP contribution is -2.41. The van der Waals surface area contributed by atoms with Crippen LogP contribution in [0.4, 0.5) is 0 Å². The van der Waals surface area contributed by atoms with Gasteiger partial charge < -0.3 is 9.31 Å². The van der Waals surface area contributed by atoms with E-state index in [0.717, 1.165) is 26.0 Å². The Kier molecular flexibility index (Phi) is 29.9. The van der Waals surface area contributed by atoms with Gasteiger partial charge >= 0.3 is 7.12 Å². The molecule has 0 saturated carbocycles. The SMILES string of the molecule is C.C.C.C.CSc1ccc(Br)c(C)c1.CSc1cccc(C)c1.Cc1cc(S(C)(=O)=O)ccc1B1OC(C)(C)C(C)(C)O1.Cc1cc(S(C)(=O)=O)ccc1Br.Cc1cccc(S)c1. The number of rotatable bonds is 5. The van der Waals surface area contributed by atoms with E-state index in [0.29, 0.717) is 9.79 Å². The van der Waals surface area contributed by atoms with Crippen molar-refractivity contribution in [1.29, 1.82) is 0 Å². The third-order valence-electron chi connectivity index (χ3n) is 9.33. The van der Waals surface area contributed by atoms with Crippen LogP contribution >= 0.6 is 68.0 Å². The molecule has 0 atom stereocenters. The zero-order chi connectivity index (χ0) is 44.9. The molecule has 63 heavy (non-hydrogen) atoms. The summed E-state index contributed by atoms with van der Waals surface area (Å²) >= 11 is 14.5. The lowest BCUT2D eigenvalue weighted by Gasteiger charge is -2.32. The van der Waals surface area contributed by atoms with Gasteiger partial charge in [0.05, 0.1) is 21.0 Å². The fraction of sp³-hybridized carbons (Fsp3) is 0.388. The maximum Gasteiger partial charge on any atom is 0.495 e. The van der Waals surface area contributed by atoms with E-state index in [9.17, 15) is 16.8 Å². The Morgan fingerprint density at radius 1 is 0.540 bits per heavy atom. The summed E-state index contributed by atoms with van der Waals surface area (Å²) in [5.41, 5.74) is 5.74. The zero-order valence-electron chi connectivity index (χ0n) is 36.2. The number of thiol groups is 1. The Balaban J connectivity index is -0.000000735. The maximum atomic E-state index is 11.6. The van der Waals surface area contributed by atoms with Crippen molar-refractivity contribution in [3.8, 4) is 0 Å². The predicted octanol–water partition coefficient (Wildman–Crippen LogP) is 14.9. The highest BCUT2D eigenvalue weighted by molar-refractivity contribution is 9.10. The minimum atomic E-state index is -3.19. The second-order valence-electron chi connectivity index (χ2n) is 15.0. The van der Waals surface area contributed by atoms with Crippen LogP contribution in [0.1, 0.15) is 85.2 Å². The standard InChI is InChI=1S/C14H21BO4S.C8H9BrO2S.C8H9BrS.C8H10S.C7H8S.4CH4/c1-10-9-11(20(6,16)17)7-8-12(10)15-18-13(2,3)14(4,5)19-15;1-6-5-7(12(2,10)11)3-4-8(6)9;1-6-5-7(10-2)3-4-8(6)9;1-7-4-3-5-8(6-7)9-2;1-6-3-2-4-7(8)5-6;;;;/h7-9H,1-6H3;3-5H,1-2H3;3-5H,1-2H3;3-6H,1-2H3;2-5,8H,1H3;4*1H4. The van der Waals surface area contributed by atoms with E-state index in [-0.39, 0.29) is 29.7 Å². The lowest BCUT2D eigenvalue weighted by atomic mass is 9.76. The molecule has 352 valence electrons. The first-order chi connectivity index (χ1) is 27.2. The van der Waals surface area contributed by atoms with Gasteiger partial charge in [0.1, 0.15) is 0 Å². The fourth-order valence-corrected chi connectivity index (χ4v) is 8.29. The molecule has 6 rings (SSSR count). The summed E-state index contributed by atoms with van der Waals surface area (Å²) in [7, 11) is -6.72. The van der Waals surface area contributed by atoms with Gasteiger partial charge in [0, 0.05) is 36.1 Å². The van der Waals surface area contributed by atoms with Gasteiger partial charge in [-0.05, 0) is 164 Å². The number of halogens is 2. The third-order valence-corrected chi connectivity index (χ3v) is 15.1. The molecule has 0 radical (unpaired) electrons. The van der Waals surface area contributed by atoms with Gasteiger partial charge in [0.15, 0.2) is 19.7 Å². The van der Waals surface area contributed by atoms with Crippen LogP contribution in [0.15, 0.2) is 137 Å². The van der Waals surface area contributed by atoms with Gasteiger partial charge in [-0.1, -0.05) is 109 Å². The zero-order valence-corrected chi connectivity index (χ0v) is 43.5. The highest BCUT2D eigenvalue weighted by Gasteiger charge is 2.52. The highest BCUT2D eigenvalue weighted by atomic mass is 79.9. The van der Waals surface area contributed by atoms with E-state index in [1.54, 1.807) is 59.9 Å². The molecule has 6 nitrogen and oxygen atoms in total. The summed E-state index contributed by atoms with van der Waals surface area (Å²) in [4.78, 5) is 4.37. The van der Waals surface area contributed by atoms with E-state index in [4.69, 9.17) is 9.31 Å². The number of sulfone groups is 2. The van der Waals surface area contributed by atoms with Crippen LogP contribution in [0.2, 0.25) is 0 Å². The van der Waals surface area contributed by atoms with Gasteiger partial charge in [0.25, 0.3) is 0 Å². The van der Waals surface area contributed by atoms with Crippen LogP contribution in [0.3, 0.4) is 0 Å². The lowest BCUT2D eigenvalue weighted by molar-refractivity contribution is 0.00578. The van der Waals surface area contributed by atoms with Crippen LogP contribution in [-0.2, 0) is 29.0 Å². The molecule has 0 aromatic heterocycles. The number of hydrogen-bond acceptors (Lipinski definition) is 9. The van der Waals surface area contributed by atoms with Gasteiger partial charge in [-0.2, -0.15) is 0 Å². The Hall–Kier alpha value is -2.01. The largest absolute Gasteiger partial charge is 0.495 e. The molecule has 1 saturated heterocycles. The van der Waals surface area contributed by atoms with Crippen molar-refractivity contribution in [1.82, 2.24) is 0 Å². The summed E-state index contributed by atoms with van der Waals surface area (Å²) < 4.78 is 59.4. The van der Waals surface area contributed by atoms with Crippen molar-refractivity contribution in [3.63, 3.8) is 0 Å². The Bertz CT molecular complexity index is 2350. The molecule has 0 aliphatic carbocycles. The molecule has 0 amide bonds. The van der Waals surface area contributed by atoms with Gasteiger partial charge in [-0.3, -0.25) is 0 Å². The molecule has 1 heterocycles. The average molecular weight is 1090 g/mol. The summed E-state index contributed by atoms with van der Waals surface area (Å²) in [5.74, 6) is 0. The smallest absolute Gasteiger partial charge is 0.399 e. The van der Waals surface area contributed by atoms with Crippen LogP contribution in [0, 0.1) is 34.6 Å². The van der Waals surface area contributed by atoms with Crippen molar-refractivity contribution in [2.45, 2.75) is 128 Å². The summed E-state index contributed by atoms with van der Waals surface area (Å²) in [5, 5.41) is 0. The fourth-order valence-electron chi connectivity index (χ4n) is 5.08. The van der Waals surface area contributed by atoms with E-state index in [1.165, 1.54) is 43.5 Å². The first-order valence-corrected chi connectivity index (χ1v) is 26.8. The average Bonchev–Trinajstić information content (AvgIpc) is 3.36. The second-order valence-corrected chi connectivity index (χ2v) is 23.1. The van der Waals surface area contributed by atoms with Crippen molar-refractivity contribution >= 4 is 100 Å². The van der Waals surface area contributed by atoms with E-state index >= 15 is 0 Å². The number of hydrogen-bond donors (Lipinski definition) is 1. The molecule has 5 aromatic carbocycles. The Labute approximate surface area is 415 Å². The summed E-state index contributed by atoms with van der Waals surface area (Å²) in [6.07, 6.45) is 6.59. The molecule has 0 unspecified atom stereocenters. The monoisotopic (exact) mass is 1090 g/mol. The molecule has 14 heteroatoms. The molecule has 0 spiro atoms. The quantitative estimate of drug-likeness (QED) is 0.106. The Morgan fingerprint density at radius 2 is 0.937 bits per heavy atom. The van der Waals surface area contributed by atoms with Crippen molar-refractivity contribution in [3.05, 3.63) is 140 Å². The van der Waals surface area contributed by atoms with Gasteiger partial charge in [-0.15, -0.1) is 36.2 Å². The second kappa shape index (κ2) is 28.9. The normalized spacial score (nSPS) is 13.0. The molecule has 1 fully saturated rings. The van der Waals surface area contributed by atoms with Crippen LogP contribution in [-0.4, -0.2) is 60.2 Å². The maximum absolute atomic E-state index is 11.6. The minimum absolute atomic E-state index is 0. The van der Waals surface area contributed by atoms with E-state index in [1.807, 2.05) is 59.7 Å². The van der Waals surface area contributed by atoms with Crippen molar-refractivity contribution in [2.75, 3.05) is 25.0 Å². The number of thioether (sulfide) groups is 2. The minimum Gasteiger partial charge on any atom is -0.399 e. The summed E-state index contributed by atoms with van der Waals surface area (Å²) in [6.45, 7) is 18.0. The first-order valence-electron chi connectivity index (χ1n) is 18.5. The molecular formula is C49H73BBr2O6S5. The molecule has 5 aromatic rings. The molecule has 1 aliphatic rings.